The first-order chi connectivity index (χ1) is 18.3. The van der Waals surface area contributed by atoms with Gasteiger partial charge in [0.2, 0.25) is 5.52 Å². The van der Waals surface area contributed by atoms with E-state index in [9.17, 15) is 25.9 Å². The van der Waals surface area contributed by atoms with Crippen molar-refractivity contribution in [3.05, 3.63) is 68.7 Å². The molecule has 1 aliphatic heterocycles. The second kappa shape index (κ2) is 12.3. The number of allylic oxidation sites excluding steroid dienone is 2. The Labute approximate surface area is 242 Å². The SMILES string of the molecule is CCC(=Cc1sc2ccc(Cl)cc2[n+]1CCCS(=O)(=O)O)/C=C1\Sc2ccc(C)cc2N1CCCS(=O)(=O)O. The van der Waals surface area contributed by atoms with Crippen LogP contribution in [-0.4, -0.2) is 44.0 Å². The van der Waals surface area contributed by atoms with Gasteiger partial charge in [0.05, 0.1) is 22.2 Å². The minimum absolute atomic E-state index is 0.247. The van der Waals surface area contributed by atoms with Crippen LogP contribution in [0.15, 0.2) is 58.0 Å². The van der Waals surface area contributed by atoms with E-state index < -0.39 is 20.2 Å². The van der Waals surface area contributed by atoms with E-state index >= 15 is 0 Å². The van der Waals surface area contributed by atoms with Crippen molar-refractivity contribution in [1.29, 1.82) is 0 Å². The molecule has 0 saturated carbocycles. The van der Waals surface area contributed by atoms with E-state index in [2.05, 4.69) is 36.1 Å². The number of hydrogen-bond acceptors (Lipinski definition) is 7. The highest BCUT2D eigenvalue weighted by molar-refractivity contribution is 8.03. The summed E-state index contributed by atoms with van der Waals surface area (Å²) in [6, 6.07) is 11.8. The van der Waals surface area contributed by atoms with Crippen LogP contribution in [0.1, 0.15) is 36.8 Å². The van der Waals surface area contributed by atoms with Crippen molar-refractivity contribution in [2.45, 2.75) is 44.6 Å². The molecule has 0 radical (unpaired) electrons. The van der Waals surface area contributed by atoms with Crippen molar-refractivity contribution < 1.29 is 30.5 Å². The number of thiazole rings is 1. The minimum atomic E-state index is -4.07. The van der Waals surface area contributed by atoms with Gasteiger partial charge in [0.15, 0.2) is 6.54 Å². The lowest BCUT2D eigenvalue weighted by Crippen LogP contribution is -2.36. The molecule has 0 fully saturated rings. The quantitative estimate of drug-likeness (QED) is 0.197. The lowest BCUT2D eigenvalue weighted by Gasteiger charge is -2.21. The number of hydrogen-bond donors (Lipinski definition) is 2. The molecule has 2 aromatic carbocycles. The Balaban J connectivity index is 1.71. The van der Waals surface area contributed by atoms with Crippen LogP contribution in [-0.2, 0) is 26.8 Å². The molecule has 13 heteroatoms. The first-order valence-corrected chi connectivity index (χ1v) is 17.6. The smallest absolute Gasteiger partial charge is 0.265 e. The standard InChI is InChI=1S/C26H29ClN2O6S4/c1-3-19(15-25-28(10-4-12-38(30,31)32)21-14-18(2)6-8-23(21)36-25)16-26-29(11-5-13-39(33,34)35)22-17-20(27)7-9-24(22)37-26/h6-9,14-17H,3-5,10-13H2,1-2H3,(H-,30,31,32,33,34,35)/p+1. The second-order valence-electron chi connectivity index (χ2n) is 9.26. The van der Waals surface area contributed by atoms with E-state index in [1.165, 1.54) is 0 Å². The van der Waals surface area contributed by atoms with Crippen molar-refractivity contribution in [2.24, 2.45) is 0 Å². The van der Waals surface area contributed by atoms with E-state index in [1.807, 2.05) is 35.8 Å². The molecule has 0 atom stereocenters. The molecule has 0 amide bonds. The molecule has 210 valence electrons. The summed E-state index contributed by atoms with van der Waals surface area (Å²) in [7, 11) is -8.12. The molecule has 1 aromatic heterocycles. The molecule has 0 unspecified atom stereocenters. The van der Waals surface area contributed by atoms with Crippen molar-refractivity contribution in [3.8, 4) is 0 Å². The molecule has 3 aromatic rings. The molecule has 1 aliphatic rings. The summed E-state index contributed by atoms with van der Waals surface area (Å²) in [4.78, 5) is 3.16. The molecule has 4 rings (SSSR count). The summed E-state index contributed by atoms with van der Waals surface area (Å²) >= 11 is 9.45. The first kappa shape index (κ1) is 30.0. The Morgan fingerprint density at radius 1 is 1.05 bits per heavy atom. The van der Waals surface area contributed by atoms with E-state index in [4.69, 9.17) is 11.6 Å². The van der Waals surface area contributed by atoms with Crippen LogP contribution in [0.4, 0.5) is 5.69 Å². The van der Waals surface area contributed by atoms with E-state index in [1.54, 1.807) is 23.1 Å². The van der Waals surface area contributed by atoms with Crippen molar-refractivity contribution in [3.63, 3.8) is 0 Å². The van der Waals surface area contributed by atoms with Crippen LogP contribution in [0.3, 0.4) is 0 Å². The zero-order valence-electron chi connectivity index (χ0n) is 21.5. The van der Waals surface area contributed by atoms with E-state index in [-0.39, 0.29) is 24.3 Å². The van der Waals surface area contributed by atoms with Crippen LogP contribution in [0.2, 0.25) is 5.02 Å². The first-order valence-electron chi connectivity index (χ1n) is 12.3. The van der Waals surface area contributed by atoms with Gasteiger partial charge in [-0.2, -0.15) is 21.4 Å². The fraction of sp³-hybridized carbons (Fsp3) is 0.346. The molecule has 0 bridgehead atoms. The number of rotatable bonds is 11. The van der Waals surface area contributed by atoms with Gasteiger partial charge in [-0.3, -0.25) is 9.11 Å². The topological polar surface area (TPSA) is 116 Å². The Morgan fingerprint density at radius 3 is 2.46 bits per heavy atom. The Kier molecular flexibility index (Phi) is 9.47. The maximum absolute atomic E-state index is 11.3. The largest absolute Gasteiger partial charge is 0.335 e. The fourth-order valence-corrected chi connectivity index (χ4v) is 7.78. The summed E-state index contributed by atoms with van der Waals surface area (Å²) in [5.41, 5.74) is 4.02. The lowest BCUT2D eigenvalue weighted by molar-refractivity contribution is -0.668. The van der Waals surface area contributed by atoms with Gasteiger partial charge in [0.1, 0.15) is 4.70 Å². The summed E-state index contributed by atoms with van der Waals surface area (Å²) in [6.45, 7) is 4.88. The Morgan fingerprint density at radius 2 is 1.77 bits per heavy atom. The van der Waals surface area contributed by atoms with Crippen LogP contribution < -0.4 is 9.47 Å². The van der Waals surface area contributed by atoms with Gasteiger partial charge in [0, 0.05) is 35.0 Å². The molecule has 2 N–H and O–H groups in total. The van der Waals surface area contributed by atoms with Gasteiger partial charge in [0.25, 0.3) is 25.2 Å². The molecule has 0 spiro atoms. The number of anilines is 1. The summed E-state index contributed by atoms with van der Waals surface area (Å²) in [6.07, 6.45) is 5.41. The van der Waals surface area contributed by atoms with Crippen molar-refractivity contribution in [2.75, 3.05) is 23.0 Å². The number of halogens is 1. The highest BCUT2D eigenvalue weighted by atomic mass is 35.5. The van der Waals surface area contributed by atoms with Crippen molar-refractivity contribution >= 4 is 76.9 Å². The van der Waals surface area contributed by atoms with Gasteiger partial charge in [-0.05, 0) is 61.2 Å². The van der Waals surface area contributed by atoms with E-state index in [0.717, 1.165) is 48.4 Å². The maximum atomic E-state index is 11.3. The third-order valence-corrected chi connectivity index (χ3v) is 10.2. The molecular weight excluding hydrogens is 600 g/mol. The Bertz CT molecular complexity index is 1660. The predicted octanol–water partition coefficient (Wildman–Crippen LogP) is 5.95. The van der Waals surface area contributed by atoms with Crippen LogP contribution in [0.25, 0.3) is 16.3 Å². The molecule has 8 nitrogen and oxygen atoms in total. The van der Waals surface area contributed by atoms with Gasteiger partial charge >= 0.3 is 0 Å². The zero-order valence-corrected chi connectivity index (χ0v) is 25.5. The van der Waals surface area contributed by atoms with Crippen LogP contribution in [0.5, 0.6) is 0 Å². The average Bonchev–Trinajstić information content (AvgIpc) is 3.34. The van der Waals surface area contributed by atoms with Crippen molar-refractivity contribution in [1.82, 2.24) is 0 Å². The number of fused-ring (bicyclic) bond motifs is 2. The highest BCUT2D eigenvalue weighted by Crippen LogP contribution is 2.47. The minimum Gasteiger partial charge on any atom is -0.335 e. The summed E-state index contributed by atoms with van der Waals surface area (Å²) in [5.74, 6) is -0.647. The number of aromatic nitrogens is 1. The number of thioether (sulfide) groups is 1. The maximum Gasteiger partial charge on any atom is 0.265 e. The number of nitrogens with zero attached hydrogens (tertiary/aromatic N) is 2. The lowest BCUT2D eigenvalue weighted by atomic mass is 10.1. The van der Waals surface area contributed by atoms with Crippen LogP contribution >= 0.6 is 34.7 Å². The number of aryl methyl sites for hydroxylation is 2. The van der Waals surface area contributed by atoms with Gasteiger partial charge < -0.3 is 4.90 Å². The van der Waals surface area contributed by atoms with Crippen LogP contribution in [0, 0.1) is 6.92 Å². The molecule has 0 saturated heterocycles. The second-order valence-corrected chi connectivity index (χ2v) is 15.0. The molecular formula is C26H30ClN2O6S4+. The molecule has 2 heterocycles. The third-order valence-electron chi connectivity index (χ3n) is 6.17. The fourth-order valence-electron chi connectivity index (χ4n) is 4.33. The van der Waals surface area contributed by atoms with Gasteiger partial charge in [-0.25, -0.2) is 0 Å². The van der Waals surface area contributed by atoms with E-state index in [0.29, 0.717) is 18.1 Å². The zero-order chi connectivity index (χ0) is 28.4. The number of benzene rings is 2. The monoisotopic (exact) mass is 629 g/mol. The highest BCUT2D eigenvalue weighted by Gasteiger charge is 2.26. The average molecular weight is 630 g/mol. The third kappa shape index (κ3) is 8.06. The summed E-state index contributed by atoms with van der Waals surface area (Å²) in [5, 5.41) is 2.46. The summed E-state index contributed by atoms with van der Waals surface area (Å²) < 4.78 is 66.7. The molecule has 39 heavy (non-hydrogen) atoms. The van der Waals surface area contributed by atoms with Gasteiger partial charge in [-0.1, -0.05) is 47.7 Å². The Hall–Kier alpha value is -1.93. The van der Waals surface area contributed by atoms with Gasteiger partial charge in [-0.15, -0.1) is 0 Å². The normalized spacial score (nSPS) is 15.5. The predicted molar refractivity (Wildman–Crippen MR) is 160 cm³/mol. The molecule has 0 aliphatic carbocycles.